The molecule has 2 atom stereocenters. The second kappa shape index (κ2) is 11.9. The van der Waals surface area contributed by atoms with Crippen LogP contribution in [-0.4, -0.2) is 47.0 Å². The molecule has 2 heterocycles. The molecule has 2 amide bonds. The topological polar surface area (TPSA) is 104 Å². The summed E-state index contributed by atoms with van der Waals surface area (Å²) < 4.78 is 36.2. The number of nitrogens with one attached hydrogen (secondary N) is 3. The van der Waals surface area contributed by atoms with Gasteiger partial charge in [-0.2, -0.15) is 8.78 Å². The van der Waals surface area contributed by atoms with Crippen molar-refractivity contribution in [3.05, 3.63) is 65.2 Å². The lowest BCUT2D eigenvalue weighted by Crippen LogP contribution is -2.62. The van der Waals surface area contributed by atoms with Crippen LogP contribution in [0.15, 0.2) is 48.5 Å². The van der Waals surface area contributed by atoms with Crippen molar-refractivity contribution in [2.24, 2.45) is 0 Å². The first-order valence-corrected chi connectivity index (χ1v) is 13.7. The van der Waals surface area contributed by atoms with E-state index in [-0.39, 0.29) is 43.3 Å². The first kappa shape index (κ1) is 29.5. The molecule has 40 heavy (non-hydrogen) atoms. The SMILES string of the molecule is CCC1(CC)CC(=O)N(C(CCOC(F)F)c2cccc(C(=O)N[C@H]3CC(C)(C)Oc4ccccc43)c2)C(=N)N1. The molecule has 2 aliphatic rings. The molecule has 4 rings (SSSR count). The first-order chi connectivity index (χ1) is 19.0. The van der Waals surface area contributed by atoms with E-state index in [4.69, 9.17) is 10.1 Å². The Hall–Kier alpha value is -3.53. The number of nitrogens with zero attached hydrogens (tertiary/aromatic N) is 1. The molecular formula is C30H38F2N4O4. The van der Waals surface area contributed by atoms with Crippen molar-refractivity contribution >= 4 is 17.8 Å². The van der Waals surface area contributed by atoms with Gasteiger partial charge < -0.3 is 20.1 Å². The van der Waals surface area contributed by atoms with E-state index in [1.807, 2.05) is 52.0 Å². The Morgan fingerprint density at radius 1 is 1.20 bits per heavy atom. The lowest BCUT2D eigenvalue weighted by Gasteiger charge is -2.45. The number of rotatable bonds is 10. The third-order valence-electron chi connectivity index (χ3n) is 7.90. The van der Waals surface area contributed by atoms with Gasteiger partial charge in [-0.05, 0) is 56.9 Å². The van der Waals surface area contributed by atoms with Crippen LogP contribution in [0.25, 0.3) is 0 Å². The van der Waals surface area contributed by atoms with Crippen LogP contribution in [0.4, 0.5) is 8.78 Å². The second-order valence-electron chi connectivity index (χ2n) is 11.1. The molecule has 0 spiro atoms. The number of carbonyl (C=O) groups excluding carboxylic acids is 2. The number of fused-ring (bicyclic) bond motifs is 1. The number of hydrogen-bond donors (Lipinski definition) is 3. The van der Waals surface area contributed by atoms with Gasteiger partial charge in [0.2, 0.25) is 5.91 Å². The van der Waals surface area contributed by atoms with Gasteiger partial charge in [-0.15, -0.1) is 0 Å². The predicted octanol–water partition coefficient (Wildman–Crippen LogP) is 5.70. The quantitative estimate of drug-likeness (QED) is 0.348. The summed E-state index contributed by atoms with van der Waals surface area (Å²) in [4.78, 5) is 28.1. The third kappa shape index (κ3) is 6.43. The number of amides is 2. The van der Waals surface area contributed by atoms with Gasteiger partial charge in [0.1, 0.15) is 11.4 Å². The number of alkyl halides is 2. The molecule has 0 aromatic heterocycles. The van der Waals surface area contributed by atoms with Crippen molar-refractivity contribution in [2.45, 2.75) is 89.6 Å². The molecule has 8 nitrogen and oxygen atoms in total. The minimum Gasteiger partial charge on any atom is -0.487 e. The van der Waals surface area contributed by atoms with Crippen molar-refractivity contribution in [2.75, 3.05) is 6.61 Å². The van der Waals surface area contributed by atoms with Crippen molar-refractivity contribution in [1.82, 2.24) is 15.5 Å². The molecular weight excluding hydrogens is 518 g/mol. The fourth-order valence-electron chi connectivity index (χ4n) is 5.63. The molecule has 3 N–H and O–H groups in total. The molecule has 0 bridgehead atoms. The van der Waals surface area contributed by atoms with Gasteiger partial charge in [0, 0.05) is 23.1 Å². The Morgan fingerprint density at radius 2 is 1.93 bits per heavy atom. The van der Waals surface area contributed by atoms with Crippen molar-refractivity contribution < 1.29 is 27.8 Å². The molecule has 1 fully saturated rings. The van der Waals surface area contributed by atoms with Crippen LogP contribution in [0, 0.1) is 5.41 Å². The van der Waals surface area contributed by atoms with Crippen LogP contribution >= 0.6 is 0 Å². The maximum Gasteiger partial charge on any atom is 0.345 e. The summed E-state index contributed by atoms with van der Waals surface area (Å²) in [7, 11) is 0. The standard InChI is InChI=1S/C30H38F2N4O4/c1-5-30(6-2)18-25(37)36(28(33)35-30)23(14-15-39-27(31)32)19-10-9-11-20(16-19)26(38)34-22-17-29(3,4)40-24-13-8-7-12-21(22)24/h7-13,16,22-23,27H,5-6,14-15,17-18H2,1-4H3,(H2,33,35)(H,34,38)/t22-,23?/m0/s1. The molecule has 1 saturated heterocycles. The number of guanidine groups is 1. The predicted molar refractivity (Wildman–Crippen MR) is 147 cm³/mol. The van der Waals surface area contributed by atoms with E-state index in [0.717, 1.165) is 11.3 Å². The van der Waals surface area contributed by atoms with E-state index >= 15 is 0 Å². The summed E-state index contributed by atoms with van der Waals surface area (Å²) in [6, 6.07) is 13.3. The van der Waals surface area contributed by atoms with Gasteiger partial charge in [0.25, 0.3) is 5.91 Å². The van der Waals surface area contributed by atoms with E-state index in [1.165, 1.54) is 4.90 Å². The van der Waals surface area contributed by atoms with Gasteiger partial charge in [-0.25, -0.2) is 0 Å². The number of halogens is 2. The highest BCUT2D eigenvalue weighted by atomic mass is 19.3. The zero-order valence-electron chi connectivity index (χ0n) is 23.4. The Kier molecular flexibility index (Phi) is 8.77. The van der Waals surface area contributed by atoms with Crippen LogP contribution in [0.3, 0.4) is 0 Å². The van der Waals surface area contributed by atoms with Crippen LogP contribution in [0.1, 0.15) is 93.4 Å². The van der Waals surface area contributed by atoms with E-state index in [9.17, 15) is 18.4 Å². The van der Waals surface area contributed by atoms with E-state index in [1.54, 1.807) is 24.3 Å². The normalized spacial score (nSPS) is 20.4. The van der Waals surface area contributed by atoms with E-state index < -0.39 is 23.8 Å². The summed E-state index contributed by atoms with van der Waals surface area (Å²) >= 11 is 0. The summed E-state index contributed by atoms with van der Waals surface area (Å²) in [5.74, 6) is 0.0566. The lowest BCUT2D eigenvalue weighted by molar-refractivity contribution is -0.138. The van der Waals surface area contributed by atoms with Crippen LogP contribution in [0.5, 0.6) is 5.75 Å². The Morgan fingerprint density at radius 3 is 2.60 bits per heavy atom. The molecule has 0 saturated carbocycles. The maximum atomic E-state index is 13.5. The number of hydrogen-bond acceptors (Lipinski definition) is 5. The molecule has 10 heteroatoms. The largest absolute Gasteiger partial charge is 0.487 e. The van der Waals surface area contributed by atoms with Crippen molar-refractivity contribution in [1.29, 1.82) is 5.41 Å². The highest BCUT2D eigenvalue weighted by Crippen LogP contribution is 2.39. The molecule has 2 aromatic rings. The smallest absolute Gasteiger partial charge is 0.345 e. The second-order valence-corrected chi connectivity index (χ2v) is 11.1. The van der Waals surface area contributed by atoms with Crippen LogP contribution < -0.4 is 15.4 Å². The van der Waals surface area contributed by atoms with Crippen LogP contribution in [0.2, 0.25) is 0 Å². The van der Waals surface area contributed by atoms with Gasteiger partial charge in [-0.1, -0.05) is 44.2 Å². The minimum absolute atomic E-state index is 0.0258. The zero-order chi connectivity index (χ0) is 29.1. The Labute approximate surface area is 233 Å². The summed E-state index contributed by atoms with van der Waals surface area (Å²) in [5.41, 5.74) is 0.808. The van der Waals surface area contributed by atoms with Crippen LogP contribution in [-0.2, 0) is 9.53 Å². The summed E-state index contributed by atoms with van der Waals surface area (Å²) in [5, 5.41) is 15.0. The van der Waals surface area contributed by atoms with E-state index in [0.29, 0.717) is 30.4 Å². The summed E-state index contributed by atoms with van der Waals surface area (Å²) in [6.07, 6.45) is 2.09. The highest BCUT2D eigenvalue weighted by Gasteiger charge is 2.42. The van der Waals surface area contributed by atoms with Gasteiger partial charge >= 0.3 is 6.61 Å². The Balaban J connectivity index is 1.60. The van der Waals surface area contributed by atoms with Gasteiger partial charge in [-0.3, -0.25) is 19.9 Å². The number of benzene rings is 2. The van der Waals surface area contributed by atoms with Crippen molar-refractivity contribution in [3.63, 3.8) is 0 Å². The average molecular weight is 557 g/mol. The number of carbonyl (C=O) groups is 2. The monoisotopic (exact) mass is 556 g/mol. The fraction of sp³-hybridized carbons (Fsp3) is 0.500. The molecule has 0 aliphatic carbocycles. The number of ether oxygens (including phenoxy) is 2. The maximum absolute atomic E-state index is 13.5. The fourth-order valence-corrected chi connectivity index (χ4v) is 5.63. The molecule has 1 unspecified atom stereocenters. The third-order valence-corrected chi connectivity index (χ3v) is 7.90. The highest BCUT2D eigenvalue weighted by molar-refractivity contribution is 6.00. The summed E-state index contributed by atoms with van der Waals surface area (Å²) in [6.45, 7) is 4.59. The first-order valence-electron chi connectivity index (χ1n) is 13.7. The average Bonchev–Trinajstić information content (AvgIpc) is 2.91. The van der Waals surface area contributed by atoms with Gasteiger partial charge in [0.05, 0.1) is 25.1 Å². The van der Waals surface area contributed by atoms with Gasteiger partial charge in [0.15, 0.2) is 5.96 Å². The molecule has 2 aromatic carbocycles. The molecule has 2 aliphatic heterocycles. The minimum atomic E-state index is -2.95. The van der Waals surface area contributed by atoms with E-state index in [2.05, 4.69) is 15.4 Å². The molecule has 216 valence electrons. The molecule has 0 radical (unpaired) electrons. The Bertz CT molecular complexity index is 1230. The lowest BCUT2D eigenvalue weighted by atomic mass is 9.86. The number of para-hydroxylation sites is 1. The zero-order valence-corrected chi connectivity index (χ0v) is 23.4. The van der Waals surface area contributed by atoms with Crippen molar-refractivity contribution in [3.8, 4) is 5.75 Å².